The SMILES string of the molecule is O=c1c(-c2nc(-c3ccncc3)no2)cccn1Cc1c(F)cccc1Cl. The maximum Gasteiger partial charge on any atom is 0.263 e. The van der Waals surface area contributed by atoms with E-state index in [9.17, 15) is 9.18 Å². The van der Waals surface area contributed by atoms with Gasteiger partial charge in [-0.3, -0.25) is 9.78 Å². The van der Waals surface area contributed by atoms with Crippen LogP contribution < -0.4 is 5.56 Å². The fraction of sp³-hybridized carbons (Fsp3) is 0.0526. The second-order valence-electron chi connectivity index (χ2n) is 5.71. The summed E-state index contributed by atoms with van der Waals surface area (Å²) in [6, 6.07) is 11.1. The number of hydrogen-bond acceptors (Lipinski definition) is 5. The van der Waals surface area contributed by atoms with E-state index in [1.807, 2.05) is 0 Å². The van der Waals surface area contributed by atoms with E-state index in [4.69, 9.17) is 16.1 Å². The molecule has 3 aromatic heterocycles. The Morgan fingerprint density at radius 1 is 1.11 bits per heavy atom. The average molecular weight is 383 g/mol. The zero-order chi connectivity index (χ0) is 18.8. The third-order valence-electron chi connectivity index (χ3n) is 4.01. The zero-order valence-corrected chi connectivity index (χ0v) is 14.6. The quantitative estimate of drug-likeness (QED) is 0.536. The minimum Gasteiger partial charge on any atom is -0.333 e. The van der Waals surface area contributed by atoms with Crippen LogP contribution in [0.5, 0.6) is 0 Å². The van der Waals surface area contributed by atoms with E-state index < -0.39 is 5.82 Å². The molecule has 6 nitrogen and oxygen atoms in total. The predicted molar refractivity (Wildman–Crippen MR) is 97.7 cm³/mol. The molecule has 0 aliphatic rings. The van der Waals surface area contributed by atoms with Crippen LogP contribution in [0.2, 0.25) is 5.02 Å². The van der Waals surface area contributed by atoms with Gasteiger partial charge in [0.05, 0.1) is 6.54 Å². The molecule has 0 radical (unpaired) electrons. The van der Waals surface area contributed by atoms with Crippen molar-refractivity contribution in [1.29, 1.82) is 0 Å². The summed E-state index contributed by atoms with van der Waals surface area (Å²) in [7, 11) is 0. The van der Waals surface area contributed by atoms with E-state index in [1.54, 1.807) is 48.9 Å². The molecule has 0 saturated heterocycles. The number of pyridine rings is 2. The number of hydrogen-bond donors (Lipinski definition) is 0. The zero-order valence-electron chi connectivity index (χ0n) is 13.8. The van der Waals surface area contributed by atoms with Crippen molar-refractivity contribution in [2.24, 2.45) is 0 Å². The molecule has 0 spiro atoms. The van der Waals surface area contributed by atoms with E-state index in [0.717, 1.165) is 5.56 Å². The van der Waals surface area contributed by atoms with Crippen LogP contribution in [0, 0.1) is 5.82 Å². The molecule has 8 heteroatoms. The van der Waals surface area contributed by atoms with E-state index in [2.05, 4.69) is 15.1 Å². The molecule has 0 aliphatic heterocycles. The molecule has 27 heavy (non-hydrogen) atoms. The predicted octanol–water partition coefficient (Wildman–Crippen LogP) is 3.80. The first-order valence-electron chi connectivity index (χ1n) is 8.00. The van der Waals surface area contributed by atoms with Gasteiger partial charge in [-0.1, -0.05) is 22.8 Å². The maximum atomic E-state index is 14.0. The van der Waals surface area contributed by atoms with Crippen molar-refractivity contribution in [2.75, 3.05) is 0 Å². The summed E-state index contributed by atoms with van der Waals surface area (Å²) in [4.78, 5) is 21.0. The lowest BCUT2D eigenvalue weighted by atomic mass is 10.2. The van der Waals surface area contributed by atoms with Crippen LogP contribution in [0.15, 0.2) is 70.4 Å². The van der Waals surface area contributed by atoms with Gasteiger partial charge in [0.15, 0.2) is 0 Å². The molecule has 4 rings (SSSR count). The Labute approximate surface area is 157 Å². The van der Waals surface area contributed by atoms with Crippen LogP contribution in [-0.4, -0.2) is 19.7 Å². The fourth-order valence-corrected chi connectivity index (χ4v) is 2.85. The standard InChI is InChI=1S/C19H12ClFN4O2/c20-15-4-1-5-16(21)14(15)11-25-10-2-3-13(19(25)26)18-23-17(24-27-18)12-6-8-22-9-7-12/h1-10H,11H2. The Kier molecular flexibility index (Phi) is 4.52. The van der Waals surface area contributed by atoms with Crippen LogP contribution in [0.4, 0.5) is 4.39 Å². The summed E-state index contributed by atoms with van der Waals surface area (Å²) in [6.45, 7) is -0.0104. The Hall–Kier alpha value is -3.32. The summed E-state index contributed by atoms with van der Waals surface area (Å²) < 4.78 is 20.6. The van der Waals surface area contributed by atoms with Crippen molar-refractivity contribution < 1.29 is 8.91 Å². The average Bonchev–Trinajstić information content (AvgIpc) is 3.17. The van der Waals surface area contributed by atoms with Gasteiger partial charge < -0.3 is 9.09 Å². The minimum absolute atomic E-state index is 0.0104. The molecule has 1 aromatic carbocycles. The molecule has 0 saturated carbocycles. The normalized spacial score (nSPS) is 10.9. The second kappa shape index (κ2) is 7.13. The highest BCUT2D eigenvalue weighted by Gasteiger charge is 2.16. The van der Waals surface area contributed by atoms with Crippen LogP contribution in [0.1, 0.15) is 5.56 Å². The van der Waals surface area contributed by atoms with Crippen LogP contribution in [0.25, 0.3) is 22.8 Å². The van der Waals surface area contributed by atoms with Gasteiger partial charge in [-0.25, -0.2) is 4.39 Å². The number of benzene rings is 1. The highest BCUT2D eigenvalue weighted by atomic mass is 35.5. The smallest absolute Gasteiger partial charge is 0.263 e. The highest BCUT2D eigenvalue weighted by molar-refractivity contribution is 6.31. The van der Waals surface area contributed by atoms with Gasteiger partial charge in [0, 0.05) is 34.7 Å². The Morgan fingerprint density at radius 2 is 1.93 bits per heavy atom. The molecule has 0 unspecified atom stereocenters. The molecule has 134 valence electrons. The largest absolute Gasteiger partial charge is 0.333 e. The minimum atomic E-state index is -0.474. The van der Waals surface area contributed by atoms with E-state index >= 15 is 0 Å². The molecule has 4 aromatic rings. The Bertz CT molecular complexity index is 1140. The molecule has 0 aliphatic carbocycles. The number of aromatic nitrogens is 4. The lowest BCUT2D eigenvalue weighted by Crippen LogP contribution is -2.22. The molecule has 0 atom stereocenters. The monoisotopic (exact) mass is 382 g/mol. The van der Waals surface area contributed by atoms with Gasteiger partial charge in [0.25, 0.3) is 11.4 Å². The molecule has 0 bridgehead atoms. The van der Waals surface area contributed by atoms with Crippen molar-refractivity contribution in [3.8, 4) is 22.8 Å². The molecule has 3 heterocycles. The van der Waals surface area contributed by atoms with E-state index in [-0.39, 0.29) is 34.1 Å². The summed E-state index contributed by atoms with van der Waals surface area (Å²) in [5.41, 5.74) is 0.787. The number of nitrogens with zero attached hydrogens (tertiary/aromatic N) is 4. The summed E-state index contributed by atoms with van der Waals surface area (Å²) in [6.07, 6.45) is 4.77. The van der Waals surface area contributed by atoms with E-state index in [1.165, 1.54) is 16.7 Å². The Morgan fingerprint density at radius 3 is 2.70 bits per heavy atom. The topological polar surface area (TPSA) is 73.8 Å². The lowest BCUT2D eigenvalue weighted by Gasteiger charge is -2.09. The van der Waals surface area contributed by atoms with Crippen molar-refractivity contribution in [3.63, 3.8) is 0 Å². The van der Waals surface area contributed by atoms with Crippen LogP contribution in [0.3, 0.4) is 0 Å². The van der Waals surface area contributed by atoms with E-state index in [0.29, 0.717) is 5.82 Å². The van der Waals surface area contributed by atoms with Gasteiger partial charge in [-0.2, -0.15) is 4.98 Å². The summed E-state index contributed by atoms with van der Waals surface area (Å²) in [5.74, 6) is -0.0438. The summed E-state index contributed by atoms with van der Waals surface area (Å²) >= 11 is 6.06. The molecular formula is C19H12ClFN4O2. The third kappa shape index (κ3) is 3.37. The fourth-order valence-electron chi connectivity index (χ4n) is 2.63. The van der Waals surface area contributed by atoms with Gasteiger partial charge in [0.2, 0.25) is 5.82 Å². The first kappa shape index (κ1) is 17.1. The second-order valence-corrected chi connectivity index (χ2v) is 6.12. The first-order chi connectivity index (χ1) is 13.1. The van der Waals surface area contributed by atoms with Gasteiger partial charge in [-0.05, 0) is 36.4 Å². The molecule has 0 fully saturated rings. The van der Waals surface area contributed by atoms with Crippen molar-refractivity contribution >= 4 is 11.6 Å². The highest BCUT2D eigenvalue weighted by Crippen LogP contribution is 2.21. The Balaban J connectivity index is 1.71. The number of rotatable bonds is 4. The number of halogens is 2. The first-order valence-corrected chi connectivity index (χ1v) is 8.38. The molecular weight excluding hydrogens is 371 g/mol. The van der Waals surface area contributed by atoms with Crippen molar-refractivity contribution in [3.05, 3.63) is 87.8 Å². The molecule has 0 amide bonds. The van der Waals surface area contributed by atoms with Gasteiger partial charge in [0.1, 0.15) is 11.4 Å². The maximum absolute atomic E-state index is 14.0. The van der Waals surface area contributed by atoms with Crippen LogP contribution in [-0.2, 0) is 6.54 Å². The van der Waals surface area contributed by atoms with Crippen molar-refractivity contribution in [2.45, 2.75) is 6.54 Å². The van der Waals surface area contributed by atoms with Gasteiger partial charge in [-0.15, -0.1) is 0 Å². The van der Waals surface area contributed by atoms with Gasteiger partial charge >= 0.3 is 0 Å². The van der Waals surface area contributed by atoms with Crippen LogP contribution >= 0.6 is 11.6 Å². The van der Waals surface area contributed by atoms with Crippen molar-refractivity contribution in [1.82, 2.24) is 19.7 Å². The lowest BCUT2D eigenvalue weighted by molar-refractivity contribution is 0.431. The summed E-state index contributed by atoms with van der Waals surface area (Å²) in [5, 5.41) is 4.16. The molecule has 0 N–H and O–H groups in total. The third-order valence-corrected chi connectivity index (χ3v) is 4.36.